The summed E-state index contributed by atoms with van der Waals surface area (Å²) in [5.74, 6) is -0.852. The van der Waals surface area contributed by atoms with E-state index in [1.54, 1.807) is 11.8 Å². The number of aromatic carboxylic acids is 1. The number of carboxylic acid groups (broad SMARTS) is 1. The molecule has 1 rings (SSSR count). The van der Waals surface area contributed by atoms with Gasteiger partial charge >= 0.3 is 5.97 Å². The standard InChI is InChI=1S/C10H12O2S2/c1-5(2)7-8(13-4)6(3)9(14-7)10(11)12/h1H2,2-4H3,(H,11,12). The Morgan fingerprint density at radius 2 is 2.07 bits per heavy atom. The molecule has 0 spiro atoms. The molecule has 2 nitrogen and oxygen atoms in total. The quantitative estimate of drug-likeness (QED) is 0.804. The lowest BCUT2D eigenvalue weighted by Crippen LogP contribution is -1.94. The second kappa shape index (κ2) is 4.19. The number of thiophene rings is 1. The monoisotopic (exact) mass is 228 g/mol. The Bertz CT molecular complexity index is 391. The molecule has 1 N–H and O–H groups in total. The normalized spacial score (nSPS) is 10.2. The van der Waals surface area contributed by atoms with Gasteiger partial charge in [-0.2, -0.15) is 0 Å². The Morgan fingerprint density at radius 3 is 2.36 bits per heavy atom. The molecule has 0 aliphatic heterocycles. The molecule has 0 bridgehead atoms. The third kappa shape index (κ3) is 1.86. The van der Waals surface area contributed by atoms with Crippen molar-refractivity contribution in [1.29, 1.82) is 0 Å². The highest BCUT2D eigenvalue weighted by molar-refractivity contribution is 7.98. The summed E-state index contributed by atoms with van der Waals surface area (Å²) in [6.07, 6.45) is 1.95. The van der Waals surface area contributed by atoms with E-state index in [0.29, 0.717) is 4.88 Å². The Morgan fingerprint density at radius 1 is 1.50 bits per heavy atom. The molecule has 0 aromatic carbocycles. The van der Waals surface area contributed by atoms with Gasteiger partial charge in [0.2, 0.25) is 0 Å². The van der Waals surface area contributed by atoms with Crippen LogP contribution in [0, 0.1) is 6.92 Å². The average Bonchev–Trinajstić information content (AvgIpc) is 2.42. The molecule has 1 heterocycles. The van der Waals surface area contributed by atoms with E-state index >= 15 is 0 Å². The van der Waals surface area contributed by atoms with Gasteiger partial charge < -0.3 is 5.11 Å². The van der Waals surface area contributed by atoms with Crippen LogP contribution >= 0.6 is 23.1 Å². The molecule has 0 unspecified atom stereocenters. The van der Waals surface area contributed by atoms with Gasteiger partial charge in [-0.05, 0) is 31.2 Å². The maximum atomic E-state index is 10.9. The van der Waals surface area contributed by atoms with Crippen molar-refractivity contribution >= 4 is 34.6 Å². The van der Waals surface area contributed by atoms with Gasteiger partial charge in [0.25, 0.3) is 0 Å². The van der Waals surface area contributed by atoms with Gasteiger partial charge in [0.05, 0.1) is 0 Å². The van der Waals surface area contributed by atoms with Gasteiger partial charge in [-0.25, -0.2) is 4.79 Å². The van der Waals surface area contributed by atoms with Gasteiger partial charge in [-0.1, -0.05) is 6.58 Å². The molecule has 0 aliphatic carbocycles. The predicted octanol–water partition coefficient (Wildman–Crippen LogP) is 3.51. The van der Waals surface area contributed by atoms with Crippen molar-refractivity contribution < 1.29 is 9.90 Å². The van der Waals surface area contributed by atoms with Crippen LogP contribution in [0.2, 0.25) is 0 Å². The van der Waals surface area contributed by atoms with Crippen LogP contribution in [0.5, 0.6) is 0 Å². The Labute approximate surface area is 91.7 Å². The van der Waals surface area contributed by atoms with Crippen molar-refractivity contribution in [2.75, 3.05) is 6.26 Å². The summed E-state index contributed by atoms with van der Waals surface area (Å²) >= 11 is 2.88. The molecule has 1 aromatic rings. The van der Waals surface area contributed by atoms with E-state index in [4.69, 9.17) is 5.11 Å². The Hall–Kier alpha value is -0.740. The summed E-state index contributed by atoms with van der Waals surface area (Å²) in [5, 5.41) is 8.95. The third-order valence-corrected chi connectivity index (χ3v) is 4.37. The number of hydrogen-bond acceptors (Lipinski definition) is 3. The number of carboxylic acids is 1. The van der Waals surface area contributed by atoms with E-state index in [1.165, 1.54) is 11.3 Å². The van der Waals surface area contributed by atoms with Gasteiger partial charge in [0.15, 0.2) is 0 Å². The molecular weight excluding hydrogens is 216 g/mol. The van der Waals surface area contributed by atoms with Gasteiger partial charge in [-0.15, -0.1) is 23.1 Å². The van der Waals surface area contributed by atoms with Crippen molar-refractivity contribution in [3.8, 4) is 0 Å². The first-order valence-electron chi connectivity index (χ1n) is 4.05. The topological polar surface area (TPSA) is 37.3 Å². The van der Waals surface area contributed by atoms with Crippen LogP contribution in [0.3, 0.4) is 0 Å². The lowest BCUT2D eigenvalue weighted by molar-refractivity contribution is 0.0701. The highest BCUT2D eigenvalue weighted by atomic mass is 32.2. The van der Waals surface area contributed by atoms with E-state index in [-0.39, 0.29) is 0 Å². The molecule has 0 radical (unpaired) electrons. The molecule has 14 heavy (non-hydrogen) atoms. The molecule has 76 valence electrons. The fourth-order valence-electron chi connectivity index (χ4n) is 1.23. The summed E-state index contributed by atoms with van der Waals surface area (Å²) in [7, 11) is 0. The second-order valence-corrected chi connectivity index (χ2v) is 4.84. The van der Waals surface area contributed by atoms with Crippen molar-refractivity contribution in [2.45, 2.75) is 18.7 Å². The second-order valence-electron chi connectivity index (χ2n) is 3.00. The van der Waals surface area contributed by atoms with Gasteiger partial charge in [-0.3, -0.25) is 0 Å². The largest absolute Gasteiger partial charge is 0.477 e. The summed E-state index contributed by atoms with van der Waals surface area (Å²) in [4.78, 5) is 13.4. The highest BCUT2D eigenvalue weighted by Crippen LogP contribution is 2.38. The fraction of sp³-hybridized carbons (Fsp3) is 0.300. The molecule has 4 heteroatoms. The zero-order valence-electron chi connectivity index (χ0n) is 8.38. The van der Waals surface area contributed by atoms with Gasteiger partial charge in [0, 0.05) is 9.77 Å². The molecule has 0 aliphatic rings. The average molecular weight is 228 g/mol. The number of carbonyl (C=O) groups is 1. The van der Waals surface area contributed by atoms with E-state index in [1.807, 2.05) is 20.1 Å². The number of thioether (sulfide) groups is 1. The Balaban J connectivity index is 3.39. The first-order valence-corrected chi connectivity index (χ1v) is 6.09. The lowest BCUT2D eigenvalue weighted by atomic mass is 10.2. The van der Waals surface area contributed by atoms with Gasteiger partial charge in [0.1, 0.15) is 4.88 Å². The van der Waals surface area contributed by atoms with Crippen LogP contribution in [0.15, 0.2) is 11.5 Å². The first-order chi connectivity index (χ1) is 6.49. The van der Waals surface area contributed by atoms with E-state index in [2.05, 4.69) is 6.58 Å². The molecule has 0 amide bonds. The minimum atomic E-state index is -0.852. The van der Waals surface area contributed by atoms with Crippen molar-refractivity contribution in [1.82, 2.24) is 0 Å². The maximum Gasteiger partial charge on any atom is 0.346 e. The summed E-state index contributed by atoms with van der Waals surface area (Å²) in [5.41, 5.74) is 1.78. The van der Waals surface area contributed by atoms with Crippen LogP contribution in [0.1, 0.15) is 27.0 Å². The molecule has 1 aromatic heterocycles. The summed E-state index contributed by atoms with van der Waals surface area (Å²) in [6, 6.07) is 0. The SMILES string of the molecule is C=C(C)c1sc(C(=O)O)c(C)c1SC. The van der Waals surface area contributed by atoms with Crippen LogP contribution < -0.4 is 0 Å². The number of rotatable bonds is 3. The Kier molecular flexibility index (Phi) is 3.39. The highest BCUT2D eigenvalue weighted by Gasteiger charge is 2.18. The summed E-state index contributed by atoms with van der Waals surface area (Å²) in [6.45, 7) is 7.60. The molecule has 0 saturated heterocycles. The molecule has 0 saturated carbocycles. The van der Waals surface area contributed by atoms with Crippen molar-refractivity contribution in [3.05, 3.63) is 21.9 Å². The smallest absolute Gasteiger partial charge is 0.346 e. The minimum absolute atomic E-state index is 0.423. The molecular formula is C10H12O2S2. The number of hydrogen-bond donors (Lipinski definition) is 1. The summed E-state index contributed by atoms with van der Waals surface area (Å²) < 4.78 is 0. The van der Waals surface area contributed by atoms with Crippen LogP contribution in [-0.4, -0.2) is 17.3 Å². The zero-order valence-corrected chi connectivity index (χ0v) is 10.0. The minimum Gasteiger partial charge on any atom is -0.477 e. The first kappa shape index (κ1) is 11.3. The van der Waals surface area contributed by atoms with Crippen LogP contribution in [-0.2, 0) is 0 Å². The molecule has 0 atom stereocenters. The zero-order chi connectivity index (χ0) is 10.9. The van der Waals surface area contributed by atoms with E-state index in [9.17, 15) is 4.79 Å². The third-order valence-electron chi connectivity index (χ3n) is 1.88. The van der Waals surface area contributed by atoms with Crippen molar-refractivity contribution in [2.24, 2.45) is 0 Å². The fourth-order valence-corrected chi connectivity index (χ4v) is 3.40. The van der Waals surface area contributed by atoms with Crippen LogP contribution in [0.4, 0.5) is 0 Å². The predicted molar refractivity (Wildman–Crippen MR) is 62.5 cm³/mol. The van der Waals surface area contributed by atoms with E-state index in [0.717, 1.165) is 20.9 Å². The van der Waals surface area contributed by atoms with Crippen LogP contribution in [0.25, 0.3) is 5.57 Å². The van der Waals surface area contributed by atoms with E-state index < -0.39 is 5.97 Å². The molecule has 0 fully saturated rings. The maximum absolute atomic E-state index is 10.9. The lowest BCUT2D eigenvalue weighted by Gasteiger charge is -1.99. The number of allylic oxidation sites excluding steroid dienone is 1. The van der Waals surface area contributed by atoms with Crippen molar-refractivity contribution in [3.63, 3.8) is 0 Å².